The van der Waals surface area contributed by atoms with E-state index in [2.05, 4.69) is 110 Å². The molecule has 182 valence electrons. The Morgan fingerprint density at radius 3 is 1.47 bits per heavy atom. The standard InChI is InChI=1S/C31H43N3/c1-10-23-17-18-28(32-29-24(19(2)3)13-11-14-25(29)20(4)5)33-31(23)34-30-26(21(6)7)15-12-16-27(30)22(8)9/h11-17,19-22H,10,18H2,1-9H3,(H,32,33,34). The van der Waals surface area contributed by atoms with Crippen molar-refractivity contribution in [3.63, 3.8) is 0 Å². The summed E-state index contributed by atoms with van der Waals surface area (Å²) < 4.78 is 0. The lowest BCUT2D eigenvalue weighted by molar-refractivity contribution is 0.833. The van der Waals surface area contributed by atoms with Crippen LogP contribution in [0.3, 0.4) is 0 Å². The van der Waals surface area contributed by atoms with Crippen LogP contribution < -0.4 is 5.32 Å². The van der Waals surface area contributed by atoms with Gasteiger partial charge in [-0.15, -0.1) is 0 Å². The molecule has 0 fully saturated rings. The van der Waals surface area contributed by atoms with Gasteiger partial charge in [-0.3, -0.25) is 0 Å². The maximum Gasteiger partial charge on any atom is 0.134 e. The molecule has 0 saturated heterocycles. The molecule has 1 heterocycles. The lowest BCUT2D eigenvalue weighted by Crippen LogP contribution is -2.35. The Morgan fingerprint density at radius 2 is 1.09 bits per heavy atom. The molecule has 0 aromatic heterocycles. The second-order valence-corrected chi connectivity index (χ2v) is 10.6. The second-order valence-electron chi connectivity index (χ2n) is 10.6. The molecule has 2 aromatic rings. The second kappa shape index (κ2) is 11.2. The van der Waals surface area contributed by atoms with Gasteiger partial charge >= 0.3 is 0 Å². The van der Waals surface area contributed by atoms with Crippen LogP contribution in [0, 0.1) is 0 Å². The number of aliphatic imine (C=N–C) groups is 2. The van der Waals surface area contributed by atoms with Crippen molar-refractivity contribution in [3.05, 3.63) is 70.3 Å². The molecule has 3 rings (SSSR count). The van der Waals surface area contributed by atoms with Gasteiger partial charge in [-0.25, -0.2) is 9.98 Å². The molecule has 2 aromatic carbocycles. The first kappa shape index (κ1) is 25.9. The fraction of sp³-hybridized carbons (Fsp3) is 0.484. The zero-order valence-electron chi connectivity index (χ0n) is 22.7. The van der Waals surface area contributed by atoms with Crippen LogP contribution >= 0.6 is 0 Å². The number of nitrogens with zero attached hydrogens (tertiary/aromatic N) is 2. The van der Waals surface area contributed by atoms with Crippen LogP contribution in [0.1, 0.15) is 121 Å². The molecule has 0 atom stereocenters. The lowest BCUT2D eigenvalue weighted by Gasteiger charge is -2.23. The molecule has 0 unspecified atom stereocenters. The zero-order valence-corrected chi connectivity index (χ0v) is 22.7. The van der Waals surface area contributed by atoms with E-state index in [-0.39, 0.29) is 0 Å². The van der Waals surface area contributed by atoms with Crippen molar-refractivity contribution < 1.29 is 0 Å². The molecule has 3 nitrogen and oxygen atoms in total. The molecular weight excluding hydrogens is 414 g/mol. The Balaban J connectivity index is 2.14. The minimum absolute atomic E-state index is 0.412. The van der Waals surface area contributed by atoms with Gasteiger partial charge in [-0.05, 0) is 57.9 Å². The number of hydrogen-bond donors (Lipinski definition) is 1. The van der Waals surface area contributed by atoms with Crippen LogP contribution in [0.2, 0.25) is 0 Å². The summed E-state index contributed by atoms with van der Waals surface area (Å²) in [5.41, 5.74) is 8.69. The molecule has 34 heavy (non-hydrogen) atoms. The molecule has 0 spiro atoms. The van der Waals surface area contributed by atoms with Gasteiger partial charge in [0.1, 0.15) is 11.7 Å². The minimum atomic E-state index is 0.412. The van der Waals surface area contributed by atoms with Gasteiger partial charge in [0.15, 0.2) is 0 Å². The largest absolute Gasteiger partial charge is 0.328 e. The van der Waals surface area contributed by atoms with Gasteiger partial charge in [0, 0.05) is 6.42 Å². The SMILES string of the molecule is CCC1=CCC(=Nc2c(C(C)C)cccc2C(C)C)NC1=Nc1c(C(C)C)cccc1C(C)C. The van der Waals surface area contributed by atoms with Crippen molar-refractivity contribution in [1.29, 1.82) is 0 Å². The van der Waals surface area contributed by atoms with E-state index >= 15 is 0 Å². The first-order valence-corrected chi connectivity index (χ1v) is 13.0. The molecule has 0 radical (unpaired) electrons. The molecule has 0 aliphatic carbocycles. The summed E-state index contributed by atoms with van der Waals surface area (Å²) >= 11 is 0. The number of nitrogens with one attached hydrogen (secondary N) is 1. The average Bonchev–Trinajstić information content (AvgIpc) is 2.79. The highest BCUT2D eigenvalue weighted by atomic mass is 15.1. The molecular formula is C31H43N3. The molecule has 0 bridgehead atoms. The monoisotopic (exact) mass is 457 g/mol. The van der Waals surface area contributed by atoms with Crippen molar-refractivity contribution in [1.82, 2.24) is 5.32 Å². The third kappa shape index (κ3) is 5.68. The fourth-order valence-corrected chi connectivity index (χ4v) is 4.60. The van der Waals surface area contributed by atoms with Crippen LogP contribution in [0.15, 0.2) is 58.0 Å². The quantitative estimate of drug-likeness (QED) is 0.442. The van der Waals surface area contributed by atoms with Gasteiger partial charge in [0.2, 0.25) is 0 Å². The molecule has 1 N–H and O–H groups in total. The Hall–Kier alpha value is -2.68. The Bertz CT molecular complexity index is 1050. The third-order valence-corrected chi connectivity index (χ3v) is 6.64. The summed E-state index contributed by atoms with van der Waals surface area (Å²) in [5, 5.41) is 3.65. The van der Waals surface area contributed by atoms with Crippen molar-refractivity contribution >= 4 is 23.0 Å². The van der Waals surface area contributed by atoms with E-state index in [9.17, 15) is 0 Å². The average molecular weight is 458 g/mol. The van der Waals surface area contributed by atoms with Crippen molar-refractivity contribution in [3.8, 4) is 0 Å². The molecule has 3 heteroatoms. The van der Waals surface area contributed by atoms with Crippen LogP contribution in [-0.4, -0.2) is 11.7 Å². The van der Waals surface area contributed by atoms with E-state index in [1.165, 1.54) is 27.8 Å². The van der Waals surface area contributed by atoms with E-state index in [0.717, 1.165) is 35.9 Å². The zero-order chi connectivity index (χ0) is 25.0. The maximum absolute atomic E-state index is 5.28. The first-order valence-electron chi connectivity index (χ1n) is 13.0. The van der Waals surface area contributed by atoms with Gasteiger partial charge in [0.25, 0.3) is 0 Å². The summed E-state index contributed by atoms with van der Waals surface area (Å²) in [6.45, 7) is 20.2. The predicted molar refractivity (Wildman–Crippen MR) is 150 cm³/mol. The van der Waals surface area contributed by atoms with Crippen LogP contribution in [-0.2, 0) is 0 Å². The minimum Gasteiger partial charge on any atom is -0.328 e. The van der Waals surface area contributed by atoms with Gasteiger partial charge in [-0.2, -0.15) is 0 Å². The highest BCUT2D eigenvalue weighted by Crippen LogP contribution is 2.37. The van der Waals surface area contributed by atoms with Crippen molar-refractivity contribution in [2.45, 2.75) is 98.8 Å². The molecule has 0 saturated carbocycles. The topological polar surface area (TPSA) is 36.8 Å². The number of rotatable bonds is 7. The number of benzene rings is 2. The number of amidine groups is 2. The highest BCUT2D eigenvalue weighted by Gasteiger charge is 2.20. The molecule has 0 amide bonds. The van der Waals surface area contributed by atoms with Gasteiger partial charge < -0.3 is 5.32 Å². The smallest absolute Gasteiger partial charge is 0.134 e. The van der Waals surface area contributed by atoms with Gasteiger partial charge in [0.05, 0.1) is 11.4 Å². The summed E-state index contributed by atoms with van der Waals surface area (Å²) in [6.07, 6.45) is 4.04. The Kier molecular flexibility index (Phi) is 8.52. The third-order valence-electron chi connectivity index (χ3n) is 6.64. The van der Waals surface area contributed by atoms with E-state index in [1.807, 2.05) is 0 Å². The van der Waals surface area contributed by atoms with Crippen molar-refractivity contribution in [2.24, 2.45) is 9.98 Å². The summed E-state index contributed by atoms with van der Waals surface area (Å²) in [5.74, 6) is 3.58. The molecule has 1 aliphatic rings. The summed E-state index contributed by atoms with van der Waals surface area (Å²) in [6, 6.07) is 13.2. The van der Waals surface area contributed by atoms with Crippen LogP contribution in [0.4, 0.5) is 11.4 Å². The normalized spacial score (nSPS) is 16.8. The van der Waals surface area contributed by atoms with E-state index in [1.54, 1.807) is 0 Å². The van der Waals surface area contributed by atoms with E-state index in [4.69, 9.17) is 9.98 Å². The van der Waals surface area contributed by atoms with Crippen molar-refractivity contribution in [2.75, 3.05) is 0 Å². The van der Waals surface area contributed by atoms with Crippen LogP contribution in [0.25, 0.3) is 0 Å². The summed E-state index contributed by atoms with van der Waals surface area (Å²) in [4.78, 5) is 10.5. The Morgan fingerprint density at radius 1 is 0.676 bits per heavy atom. The highest BCUT2D eigenvalue weighted by molar-refractivity contribution is 6.13. The predicted octanol–water partition coefficient (Wildman–Crippen LogP) is 9.27. The van der Waals surface area contributed by atoms with E-state index in [0.29, 0.717) is 23.7 Å². The summed E-state index contributed by atoms with van der Waals surface area (Å²) in [7, 11) is 0. The number of hydrogen-bond acceptors (Lipinski definition) is 2. The lowest BCUT2D eigenvalue weighted by atomic mass is 9.92. The van der Waals surface area contributed by atoms with Gasteiger partial charge in [-0.1, -0.05) is 105 Å². The fourth-order valence-electron chi connectivity index (χ4n) is 4.60. The Labute approximate surface area is 207 Å². The number of para-hydroxylation sites is 2. The van der Waals surface area contributed by atoms with E-state index < -0.39 is 0 Å². The van der Waals surface area contributed by atoms with Crippen LogP contribution in [0.5, 0.6) is 0 Å². The maximum atomic E-state index is 5.28. The molecule has 1 aliphatic heterocycles. The first-order chi connectivity index (χ1) is 16.1.